The first-order chi connectivity index (χ1) is 19.2. The molecule has 2 aromatic carbocycles. The highest BCUT2D eigenvalue weighted by molar-refractivity contribution is 7.91. The zero-order valence-electron chi connectivity index (χ0n) is 24.3. The summed E-state index contributed by atoms with van der Waals surface area (Å²) in [6, 6.07) is 13.4. The summed E-state index contributed by atoms with van der Waals surface area (Å²) >= 11 is 0. The lowest BCUT2D eigenvalue weighted by Crippen LogP contribution is -2.43. The first-order valence-corrected chi connectivity index (χ1v) is 15.5. The highest BCUT2D eigenvalue weighted by Crippen LogP contribution is 2.33. The van der Waals surface area contributed by atoms with Gasteiger partial charge in [-0.1, -0.05) is 63.7 Å². The van der Waals surface area contributed by atoms with E-state index in [0.717, 1.165) is 5.56 Å². The fourth-order valence-electron chi connectivity index (χ4n) is 4.55. The molecular weight excluding hydrogens is 543 g/mol. The van der Waals surface area contributed by atoms with Gasteiger partial charge in [0.2, 0.25) is 5.91 Å². The van der Waals surface area contributed by atoms with Crippen LogP contribution in [-0.4, -0.2) is 50.3 Å². The van der Waals surface area contributed by atoms with E-state index in [2.05, 4.69) is 22.2 Å². The van der Waals surface area contributed by atoms with Gasteiger partial charge in [-0.15, -0.1) is 0 Å². The highest BCUT2D eigenvalue weighted by atomic mass is 32.2. The lowest BCUT2D eigenvalue weighted by molar-refractivity contribution is -0.126. The van der Waals surface area contributed by atoms with Crippen LogP contribution >= 0.6 is 0 Å². The third-order valence-electron chi connectivity index (χ3n) is 7.15. The standard InChI is InChI=1S/C31H39FN4O4S/c1-20(22-12-15-24(16-13-22)41(6,39)40)35-27(28(33-5)36-30(38)31(2,3)4)23-14-17-25(26(32)18-23)29(37)34-19-21-10-8-7-9-11-21/h7-11,14,17-18,22,24H,1,12-13,15-16,19H2,2-6H3,(H,34,37)(H,33,36,38). The van der Waals surface area contributed by atoms with Crippen LogP contribution in [-0.2, 0) is 21.2 Å². The second-order valence-corrected chi connectivity index (χ2v) is 13.7. The first-order valence-electron chi connectivity index (χ1n) is 13.6. The molecule has 0 aromatic heterocycles. The number of benzene rings is 2. The van der Waals surface area contributed by atoms with E-state index >= 15 is 4.39 Å². The molecule has 0 bridgehead atoms. The summed E-state index contributed by atoms with van der Waals surface area (Å²) in [5.41, 5.74) is 1.03. The summed E-state index contributed by atoms with van der Waals surface area (Å²) in [6.07, 6.45) is 3.45. The van der Waals surface area contributed by atoms with Gasteiger partial charge in [0.05, 0.1) is 10.8 Å². The quantitative estimate of drug-likeness (QED) is 0.342. The van der Waals surface area contributed by atoms with Crippen molar-refractivity contribution in [3.63, 3.8) is 0 Å². The van der Waals surface area contributed by atoms with Gasteiger partial charge in [-0.2, -0.15) is 0 Å². The topological polar surface area (TPSA) is 117 Å². The Balaban J connectivity index is 1.91. The zero-order valence-corrected chi connectivity index (χ0v) is 25.1. The smallest absolute Gasteiger partial charge is 0.254 e. The summed E-state index contributed by atoms with van der Waals surface area (Å²) in [4.78, 5) is 34.5. The number of rotatable bonds is 8. The highest BCUT2D eigenvalue weighted by Gasteiger charge is 2.30. The first kappa shape index (κ1) is 31.9. The van der Waals surface area contributed by atoms with Crippen molar-refractivity contribution in [2.24, 2.45) is 21.3 Å². The van der Waals surface area contributed by atoms with E-state index in [4.69, 9.17) is 4.99 Å². The monoisotopic (exact) mass is 582 g/mol. The number of carbonyl (C=O) groups excluding carboxylic acids is 2. The molecule has 2 amide bonds. The van der Waals surface area contributed by atoms with Gasteiger partial charge in [0.15, 0.2) is 5.84 Å². The van der Waals surface area contributed by atoms with E-state index in [1.807, 2.05) is 30.3 Å². The second kappa shape index (κ2) is 13.3. The van der Waals surface area contributed by atoms with Crippen molar-refractivity contribution in [3.05, 3.63) is 83.3 Å². The van der Waals surface area contributed by atoms with E-state index in [9.17, 15) is 18.0 Å². The van der Waals surface area contributed by atoms with Crippen LogP contribution in [0.4, 0.5) is 4.39 Å². The van der Waals surface area contributed by atoms with E-state index in [-0.39, 0.29) is 40.7 Å². The molecule has 0 atom stereocenters. The maximum atomic E-state index is 15.3. The average Bonchev–Trinajstić information content (AvgIpc) is 2.92. The predicted octanol–water partition coefficient (Wildman–Crippen LogP) is 4.85. The van der Waals surface area contributed by atoms with Crippen LogP contribution in [0.1, 0.15) is 67.9 Å². The van der Waals surface area contributed by atoms with Crippen molar-refractivity contribution in [3.8, 4) is 0 Å². The lowest BCUT2D eigenvalue weighted by Gasteiger charge is -2.27. The summed E-state index contributed by atoms with van der Waals surface area (Å²) in [5, 5.41) is 5.13. The SMILES string of the molecule is C=C(N=C(C(=NC)NC(=O)C(C)(C)C)c1ccc(C(=O)NCc2ccccc2)c(F)c1)C1CCC(S(C)(=O)=O)CC1. The van der Waals surface area contributed by atoms with Gasteiger partial charge < -0.3 is 10.6 Å². The molecule has 0 saturated heterocycles. The van der Waals surface area contributed by atoms with E-state index in [0.29, 0.717) is 36.9 Å². The van der Waals surface area contributed by atoms with Crippen molar-refractivity contribution in [2.75, 3.05) is 13.3 Å². The molecule has 0 spiro atoms. The van der Waals surface area contributed by atoms with Crippen LogP contribution < -0.4 is 10.6 Å². The number of aliphatic imine (C=N–C) groups is 2. The molecule has 220 valence electrons. The molecule has 10 heteroatoms. The van der Waals surface area contributed by atoms with Crippen molar-refractivity contribution in [1.82, 2.24) is 10.6 Å². The Bertz CT molecular complexity index is 1450. The molecule has 41 heavy (non-hydrogen) atoms. The maximum Gasteiger partial charge on any atom is 0.254 e. The predicted molar refractivity (Wildman–Crippen MR) is 161 cm³/mol. The van der Waals surface area contributed by atoms with E-state index in [1.54, 1.807) is 26.8 Å². The molecular formula is C31H39FN4O4S. The molecule has 0 heterocycles. The third-order valence-corrected chi connectivity index (χ3v) is 8.83. The molecule has 0 radical (unpaired) electrons. The molecule has 1 fully saturated rings. The molecule has 0 unspecified atom stereocenters. The molecule has 1 saturated carbocycles. The number of nitrogens with zero attached hydrogens (tertiary/aromatic N) is 2. The average molecular weight is 583 g/mol. The number of halogens is 1. The lowest BCUT2D eigenvalue weighted by atomic mass is 9.87. The fraction of sp³-hybridized carbons (Fsp3) is 0.419. The van der Waals surface area contributed by atoms with Gasteiger partial charge in [0, 0.05) is 42.4 Å². The van der Waals surface area contributed by atoms with E-state index < -0.39 is 27.0 Å². The van der Waals surface area contributed by atoms with Crippen LogP contribution in [0.5, 0.6) is 0 Å². The van der Waals surface area contributed by atoms with E-state index in [1.165, 1.54) is 25.4 Å². The molecule has 0 aliphatic heterocycles. The molecule has 8 nitrogen and oxygen atoms in total. The molecule has 3 rings (SSSR count). The van der Waals surface area contributed by atoms with Gasteiger partial charge in [-0.3, -0.25) is 14.6 Å². The minimum absolute atomic E-state index is 0.0766. The van der Waals surface area contributed by atoms with Crippen LogP contribution in [0.25, 0.3) is 0 Å². The van der Waals surface area contributed by atoms with Crippen LogP contribution in [0.15, 0.2) is 70.8 Å². The summed E-state index contributed by atoms with van der Waals surface area (Å²) in [6.45, 7) is 9.66. The largest absolute Gasteiger partial charge is 0.348 e. The number of allylic oxidation sites excluding steroid dienone is 1. The number of amides is 2. The molecule has 2 N–H and O–H groups in total. The maximum absolute atomic E-state index is 15.3. The van der Waals surface area contributed by atoms with Gasteiger partial charge in [0.1, 0.15) is 21.4 Å². The Morgan fingerprint density at radius 3 is 2.22 bits per heavy atom. The Morgan fingerprint density at radius 2 is 1.68 bits per heavy atom. The van der Waals surface area contributed by atoms with Gasteiger partial charge >= 0.3 is 0 Å². The Kier molecular flexibility index (Phi) is 10.4. The summed E-state index contributed by atoms with van der Waals surface area (Å²) < 4.78 is 39.3. The number of hydrogen-bond acceptors (Lipinski definition) is 6. The van der Waals surface area contributed by atoms with Crippen molar-refractivity contribution >= 4 is 33.2 Å². The Hall–Kier alpha value is -3.66. The minimum atomic E-state index is -3.13. The Morgan fingerprint density at radius 1 is 1.05 bits per heavy atom. The number of sulfone groups is 1. The molecule has 2 aromatic rings. The van der Waals surface area contributed by atoms with Gasteiger partial charge in [-0.25, -0.2) is 17.8 Å². The number of hydrogen-bond donors (Lipinski definition) is 2. The number of nitrogens with one attached hydrogen (secondary N) is 2. The van der Waals surface area contributed by atoms with Crippen molar-refractivity contribution in [2.45, 2.75) is 58.2 Å². The van der Waals surface area contributed by atoms with Gasteiger partial charge in [-0.05, 0) is 43.4 Å². The van der Waals surface area contributed by atoms with Crippen LogP contribution in [0, 0.1) is 17.2 Å². The van der Waals surface area contributed by atoms with Crippen molar-refractivity contribution in [1.29, 1.82) is 0 Å². The van der Waals surface area contributed by atoms with Gasteiger partial charge in [0.25, 0.3) is 5.91 Å². The summed E-state index contributed by atoms with van der Waals surface area (Å²) in [7, 11) is -1.63. The second-order valence-electron chi connectivity index (χ2n) is 11.4. The molecule has 1 aliphatic carbocycles. The molecule has 1 aliphatic rings. The minimum Gasteiger partial charge on any atom is -0.348 e. The number of amidine groups is 1. The van der Waals surface area contributed by atoms with Crippen molar-refractivity contribution < 1.29 is 22.4 Å². The number of carbonyl (C=O) groups is 2. The third kappa shape index (κ3) is 8.66. The summed E-state index contributed by atoms with van der Waals surface area (Å²) in [5.74, 6) is -1.56. The van der Waals surface area contributed by atoms with Crippen LogP contribution in [0.3, 0.4) is 0 Å². The van der Waals surface area contributed by atoms with Crippen LogP contribution in [0.2, 0.25) is 0 Å². The zero-order chi connectivity index (χ0) is 30.4. The normalized spacial score (nSPS) is 18.5. The Labute approximate surface area is 242 Å². The fourth-order valence-corrected chi connectivity index (χ4v) is 5.68.